The highest BCUT2D eigenvalue weighted by Crippen LogP contribution is 2.23. The van der Waals surface area contributed by atoms with E-state index in [0.717, 1.165) is 22.9 Å². The van der Waals surface area contributed by atoms with Gasteiger partial charge in [-0.3, -0.25) is 13.9 Å². The number of rotatable bonds is 13. The fourth-order valence-corrected chi connectivity index (χ4v) is 5.54. The van der Waals surface area contributed by atoms with Crippen molar-refractivity contribution in [3.05, 3.63) is 95.6 Å². The molecule has 39 heavy (non-hydrogen) atoms. The highest BCUT2D eigenvalue weighted by atomic mass is 32.2. The van der Waals surface area contributed by atoms with Crippen LogP contribution in [0.2, 0.25) is 0 Å². The van der Waals surface area contributed by atoms with Crippen LogP contribution in [0.5, 0.6) is 5.75 Å². The van der Waals surface area contributed by atoms with Crippen molar-refractivity contribution in [2.45, 2.75) is 38.8 Å². The first-order valence-corrected chi connectivity index (χ1v) is 14.7. The molecule has 9 heteroatoms. The third-order valence-electron chi connectivity index (χ3n) is 6.54. The van der Waals surface area contributed by atoms with Crippen molar-refractivity contribution in [2.24, 2.45) is 0 Å². The van der Waals surface area contributed by atoms with Gasteiger partial charge in [0.25, 0.3) is 0 Å². The number of para-hydroxylation sites is 1. The van der Waals surface area contributed by atoms with E-state index < -0.39 is 16.1 Å². The quantitative estimate of drug-likeness (QED) is 0.347. The molecule has 2 amide bonds. The molecule has 0 aliphatic heterocycles. The minimum absolute atomic E-state index is 0.0736. The zero-order chi connectivity index (χ0) is 28.4. The molecule has 0 unspecified atom stereocenters. The predicted molar refractivity (Wildman–Crippen MR) is 154 cm³/mol. The number of carbonyl (C=O) groups is 2. The Morgan fingerprint density at radius 1 is 0.949 bits per heavy atom. The Kier molecular flexibility index (Phi) is 10.5. The maximum absolute atomic E-state index is 13.7. The zero-order valence-corrected chi connectivity index (χ0v) is 23.8. The van der Waals surface area contributed by atoms with E-state index in [9.17, 15) is 18.0 Å². The smallest absolute Gasteiger partial charge is 0.242 e. The van der Waals surface area contributed by atoms with Gasteiger partial charge in [-0.2, -0.15) is 0 Å². The third-order valence-corrected chi connectivity index (χ3v) is 7.72. The molecule has 0 heterocycles. The molecule has 0 aliphatic carbocycles. The summed E-state index contributed by atoms with van der Waals surface area (Å²) in [6.45, 7) is 2.20. The topological polar surface area (TPSA) is 96.0 Å². The minimum atomic E-state index is -3.56. The summed E-state index contributed by atoms with van der Waals surface area (Å²) in [6, 6.07) is 23.4. The highest BCUT2D eigenvalue weighted by Gasteiger charge is 2.30. The normalized spacial score (nSPS) is 11.9. The van der Waals surface area contributed by atoms with Crippen LogP contribution in [0.15, 0.2) is 78.9 Å². The molecule has 3 aromatic carbocycles. The van der Waals surface area contributed by atoms with Crippen LogP contribution in [0.4, 0.5) is 5.69 Å². The average Bonchev–Trinajstić information content (AvgIpc) is 2.93. The van der Waals surface area contributed by atoms with Crippen molar-refractivity contribution in [1.82, 2.24) is 10.2 Å². The second kappa shape index (κ2) is 13.8. The van der Waals surface area contributed by atoms with Gasteiger partial charge in [-0.25, -0.2) is 8.42 Å². The van der Waals surface area contributed by atoms with Crippen LogP contribution >= 0.6 is 0 Å². The number of aryl methyl sites for hydroxylation is 1. The number of hydrogen-bond donors (Lipinski definition) is 1. The molecule has 208 valence electrons. The molecule has 1 N–H and O–H groups in total. The number of sulfonamides is 1. The Bertz CT molecular complexity index is 1360. The molecular formula is C30H37N3O5S. The third kappa shape index (κ3) is 8.32. The van der Waals surface area contributed by atoms with E-state index in [0.29, 0.717) is 24.3 Å². The molecule has 0 aromatic heterocycles. The van der Waals surface area contributed by atoms with Gasteiger partial charge >= 0.3 is 0 Å². The largest absolute Gasteiger partial charge is 0.497 e. The molecule has 0 spiro atoms. The van der Waals surface area contributed by atoms with E-state index in [1.54, 1.807) is 31.2 Å². The van der Waals surface area contributed by atoms with Crippen molar-refractivity contribution in [3.63, 3.8) is 0 Å². The standard InChI is InChI=1S/C30H37N3O5S/c1-23-12-8-9-17-27(23)33(39(4,36)37)19-11-18-29(34)32(22-25-15-10-16-26(20-25)38-3)28(30(35)31-2)21-24-13-6-5-7-14-24/h5-10,12-17,20,28H,11,18-19,21-22H2,1-4H3,(H,31,35)/t28-/m1/s1. The van der Waals surface area contributed by atoms with Gasteiger partial charge in [0.2, 0.25) is 21.8 Å². The second-order valence-electron chi connectivity index (χ2n) is 9.42. The Morgan fingerprint density at radius 2 is 1.62 bits per heavy atom. The lowest BCUT2D eigenvalue weighted by Gasteiger charge is -2.32. The van der Waals surface area contributed by atoms with Crippen LogP contribution in [0.25, 0.3) is 0 Å². The van der Waals surface area contributed by atoms with Crippen molar-refractivity contribution < 1.29 is 22.7 Å². The lowest BCUT2D eigenvalue weighted by Crippen LogP contribution is -2.49. The number of methoxy groups -OCH3 is 1. The number of carbonyl (C=O) groups excluding carboxylic acids is 2. The van der Waals surface area contributed by atoms with Crippen LogP contribution in [-0.4, -0.2) is 58.1 Å². The van der Waals surface area contributed by atoms with E-state index in [4.69, 9.17) is 4.74 Å². The number of amides is 2. The first-order chi connectivity index (χ1) is 18.6. The van der Waals surface area contributed by atoms with E-state index in [1.807, 2.05) is 73.7 Å². The number of ether oxygens (including phenoxy) is 1. The van der Waals surface area contributed by atoms with Gasteiger partial charge in [-0.15, -0.1) is 0 Å². The Labute approximate surface area is 231 Å². The van der Waals surface area contributed by atoms with Crippen LogP contribution in [-0.2, 0) is 32.6 Å². The number of nitrogens with zero attached hydrogens (tertiary/aromatic N) is 2. The molecule has 0 bridgehead atoms. The highest BCUT2D eigenvalue weighted by molar-refractivity contribution is 7.92. The number of benzene rings is 3. The molecule has 0 saturated carbocycles. The summed E-state index contributed by atoms with van der Waals surface area (Å²) >= 11 is 0. The molecule has 0 saturated heterocycles. The van der Waals surface area contributed by atoms with Gasteiger partial charge in [0.15, 0.2) is 0 Å². The predicted octanol–water partition coefficient (Wildman–Crippen LogP) is 3.94. The second-order valence-corrected chi connectivity index (χ2v) is 11.3. The monoisotopic (exact) mass is 551 g/mol. The summed E-state index contributed by atoms with van der Waals surface area (Å²) in [7, 11) is -0.426. The van der Waals surface area contributed by atoms with Gasteiger partial charge in [0.05, 0.1) is 19.1 Å². The van der Waals surface area contributed by atoms with Gasteiger partial charge in [-0.05, 0) is 48.2 Å². The lowest BCUT2D eigenvalue weighted by atomic mass is 10.0. The van der Waals surface area contributed by atoms with Crippen molar-refractivity contribution in [1.29, 1.82) is 0 Å². The van der Waals surface area contributed by atoms with E-state index in [-0.39, 0.29) is 31.3 Å². The zero-order valence-electron chi connectivity index (χ0n) is 23.0. The summed E-state index contributed by atoms with van der Waals surface area (Å²) in [4.78, 5) is 28.4. The van der Waals surface area contributed by atoms with Gasteiger partial charge in [0, 0.05) is 33.0 Å². The maximum Gasteiger partial charge on any atom is 0.242 e. The Hall–Kier alpha value is -3.85. The Morgan fingerprint density at radius 3 is 2.26 bits per heavy atom. The fraction of sp³-hybridized carbons (Fsp3) is 0.333. The van der Waals surface area contributed by atoms with Crippen LogP contribution in [0.3, 0.4) is 0 Å². The van der Waals surface area contributed by atoms with Crippen LogP contribution in [0, 0.1) is 6.92 Å². The minimum Gasteiger partial charge on any atom is -0.497 e. The van der Waals surface area contributed by atoms with Crippen molar-refractivity contribution in [3.8, 4) is 5.75 Å². The van der Waals surface area contributed by atoms with Crippen molar-refractivity contribution in [2.75, 3.05) is 31.3 Å². The van der Waals surface area contributed by atoms with Gasteiger partial charge < -0.3 is 15.0 Å². The molecule has 1 atom stereocenters. The number of anilines is 1. The van der Waals surface area contributed by atoms with E-state index >= 15 is 0 Å². The van der Waals surface area contributed by atoms with E-state index in [1.165, 1.54) is 4.31 Å². The average molecular weight is 552 g/mol. The first-order valence-electron chi connectivity index (χ1n) is 12.8. The summed E-state index contributed by atoms with van der Waals surface area (Å²) < 4.78 is 31.9. The summed E-state index contributed by atoms with van der Waals surface area (Å²) in [5.41, 5.74) is 3.17. The maximum atomic E-state index is 13.7. The van der Waals surface area contributed by atoms with Crippen LogP contribution in [0.1, 0.15) is 29.5 Å². The first kappa shape index (κ1) is 29.7. The molecular weight excluding hydrogens is 514 g/mol. The van der Waals surface area contributed by atoms with Crippen molar-refractivity contribution >= 4 is 27.5 Å². The number of nitrogens with one attached hydrogen (secondary N) is 1. The number of hydrogen-bond acceptors (Lipinski definition) is 5. The fourth-order valence-electron chi connectivity index (χ4n) is 4.51. The SMILES string of the molecule is CNC(=O)[C@@H](Cc1ccccc1)N(Cc1cccc(OC)c1)C(=O)CCCN(c1ccccc1C)S(C)(=O)=O. The summed E-state index contributed by atoms with van der Waals surface area (Å²) in [5.74, 6) is 0.148. The molecule has 0 radical (unpaired) electrons. The van der Waals surface area contributed by atoms with E-state index in [2.05, 4.69) is 5.32 Å². The van der Waals surface area contributed by atoms with Gasteiger partial charge in [-0.1, -0.05) is 60.7 Å². The summed E-state index contributed by atoms with van der Waals surface area (Å²) in [6.07, 6.45) is 1.87. The molecule has 3 rings (SSSR count). The molecule has 0 fully saturated rings. The van der Waals surface area contributed by atoms with Gasteiger partial charge in [0.1, 0.15) is 11.8 Å². The molecule has 3 aromatic rings. The summed E-state index contributed by atoms with van der Waals surface area (Å²) in [5, 5.41) is 2.71. The molecule has 0 aliphatic rings. The number of likely N-dealkylation sites (N-methyl/N-ethyl adjacent to an activating group) is 1. The Balaban J connectivity index is 1.87. The molecule has 8 nitrogen and oxygen atoms in total. The lowest BCUT2D eigenvalue weighted by molar-refractivity contribution is -0.141. The van der Waals surface area contributed by atoms with Crippen LogP contribution < -0.4 is 14.4 Å².